The van der Waals surface area contributed by atoms with E-state index in [1.165, 1.54) is 0 Å². The first kappa shape index (κ1) is 23.7. The van der Waals surface area contributed by atoms with Crippen LogP contribution in [0.4, 0.5) is 13.2 Å². The second-order valence-corrected chi connectivity index (χ2v) is 14.2. The van der Waals surface area contributed by atoms with Gasteiger partial charge in [0.2, 0.25) is 0 Å². The minimum Gasteiger partial charge on any atom is -0.360 e. The molecule has 1 aliphatic heterocycles. The average molecular weight is 431 g/mol. The summed E-state index contributed by atoms with van der Waals surface area (Å²) >= 11 is 0. The monoisotopic (exact) mass is 430 g/mol. The third-order valence-corrected chi connectivity index (χ3v) is 6.67. The van der Waals surface area contributed by atoms with Crippen LogP contribution < -0.4 is 10.7 Å². The Kier molecular flexibility index (Phi) is 8.56. The molecule has 164 valence electrons. The second kappa shape index (κ2) is 10.5. The third-order valence-electron chi connectivity index (χ3n) is 4.97. The molecule has 2 N–H and O–H groups in total. The lowest BCUT2D eigenvalue weighted by Gasteiger charge is -2.30. The van der Waals surface area contributed by atoms with Crippen LogP contribution in [0.3, 0.4) is 0 Å². The molecule has 1 aromatic rings. The fourth-order valence-electron chi connectivity index (χ4n) is 3.22. The van der Waals surface area contributed by atoms with Crippen LogP contribution in [0.25, 0.3) is 0 Å². The molecule has 0 aliphatic carbocycles. The van der Waals surface area contributed by atoms with Crippen LogP contribution in [0.5, 0.6) is 0 Å². The van der Waals surface area contributed by atoms with Gasteiger partial charge >= 0.3 is 0 Å². The second-order valence-electron chi connectivity index (χ2n) is 8.57. The SMILES string of the molecule is C=C(NCN1C[C@@H](F)C[C@@H]1c1cc(F)ccc1F)N(COCC[Si](C)(C)C)NC. The number of ether oxygens (including phenoxy) is 1. The molecule has 0 bridgehead atoms. The van der Waals surface area contributed by atoms with E-state index in [9.17, 15) is 13.2 Å². The van der Waals surface area contributed by atoms with Crippen LogP contribution in [0, 0.1) is 11.6 Å². The summed E-state index contributed by atoms with van der Waals surface area (Å²) in [4.78, 5) is 1.76. The number of nitrogens with one attached hydrogen (secondary N) is 2. The molecule has 2 atom stereocenters. The summed E-state index contributed by atoms with van der Waals surface area (Å²) < 4.78 is 47.5. The van der Waals surface area contributed by atoms with Gasteiger partial charge in [-0.1, -0.05) is 26.2 Å². The Morgan fingerprint density at radius 2 is 2.07 bits per heavy atom. The van der Waals surface area contributed by atoms with Crippen molar-refractivity contribution in [3.8, 4) is 0 Å². The molecule has 9 heteroatoms. The average Bonchev–Trinajstić information content (AvgIpc) is 3.01. The van der Waals surface area contributed by atoms with E-state index in [-0.39, 0.29) is 25.2 Å². The summed E-state index contributed by atoms with van der Waals surface area (Å²) in [6.07, 6.45) is -0.965. The Hall–Kier alpha value is -1.55. The van der Waals surface area contributed by atoms with Crippen molar-refractivity contribution >= 4 is 8.07 Å². The Balaban J connectivity index is 1.90. The number of halogens is 3. The fourth-order valence-corrected chi connectivity index (χ4v) is 3.97. The first-order valence-electron chi connectivity index (χ1n) is 9.89. The van der Waals surface area contributed by atoms with Crippen molar-refractivity contribution in [3.05, 3.63) is 47.8 Å². The minimum absolute atomic E-state index is 0.129. The zero-order valence-electron chi connectivity index (χ0n) is 17.8. The van der Waals surface area contributed by atoms with Crippen molar-refractivity contribution in [2.24, 2.45) is 0 Å². The van der Waals surface area contributed by atoms with Crippen molar-refractivity contribution in [2.75, 3.05) is 33.6 Å². The molecule has 1 heterocycles. The quantitative estimate of drug-likeness (QED) is 0.242. The first-order valence-corrected chi connectivity index (χ1v) is 13.6. The predicted octanol–water partition coefficient (Wildman–Crippen LogP) is 3.82. The maximum absolute atomic E-state index is 14.2. The van der Waals surface area contributed by atoms with E-state index in [2.05, 4.69) is 37.0 Å². The summed E-state index contributed by atoms with van der Waals surface area (Å²) in [7, 11) is 0.601. The number of hydrogen-bond acceptors (Lipinski definition) is 5. The maximum atomic E-state index is 14.2. The van der Waals surface area contributed by atoms with E-state index >= 15 is 0 Å². The summed E-state index contributed by atoms with van der Waals surface area (Å²) in [6.45, 7) is 12.3. The van der Waals surface area contributed by atoms with Crippen LogP contribution in [0.1, 0.15) is 18.0 Å². The molecule has 1 aliphatic rings. The Morgan fingerprint density at radius 3 is 2.72 bits per heavy atom. The lowest BCUT2D eigenvalue weighted by atomic mass is 10.0. The Bertz CT molecular complexity index is 686. The number of hydrogen-bond donors (Lipinski definition) is 2. The molecule has 0 aromatic heterocycles. The molecule has 0 radical (unpaired) electrons. The van der Waals surface area contributed by atoms with Crippen molar-refractivity contribution in [3.63, 3.8) is 0 Å². The molecular weight excluding hydrogens is 397 g/mol. The van der Waals surface area contributed by atoms with Crippen LogP contribution in [-0.2, 0) is 4.74 Å². The third kappa shape index (κ3) is 7.33. The van der Waals surface area contributed by atoms with E-state index < -0.39 is 31.9 Å². The fraction of sp³-hybridized carbons (Fsp3) is 0.600. The smallest absolute Gasteiger partial charge is 0.134 e. The van der Waals surface area contributed by atoms with Gasteiger partial charge in [-0.2, -0.15) is 0 Å². The predicted molar refractivity (Wildman–Crippen MR) is 112 cm³/mol. The molecule has 1 saturated heterocycles. The zero-order chi connectivity index (χ0) is 21.6. The van der Waals surface area contributed by atoms with Crippen LogP contribution >= 0.6 is 0 Å². The molecule has 2 rings (SSSR count). The molecule has 29 heavy (non-hydrogen) atoms. The Labute approximate surface area is 172 Å². The van der Waals surface area contributed by atoms with E-state index in [1.54, 1.807) is 17.0 Å². The summed E-state index contributed by atoms with van der Waals surface area (Å²) in [5.74, 6) is -0.499. The van der Waals surface area contributed by atoms with Crippen LogP contribution in [-0.4, -0.2) is 57.8 Å². The van der Waals surface area contributed by atoms with E-state index in [4.69, 9.17) is 4.74 Å². The van der Waals surface area contributed by atoms with Gasteiger partial charge in [-0.15, -0.1) is 0 Å². The van der Waals surface area contributed by atoms with E-state index in [1.807, 2.05) is 0 Å². The van der Waals surface area contributed by atoms with Crippen LogP contribution in [0.15, 0.2) is 30.6 Å². The number of alkyl halides is 1. The van der Waals surface area contributed by atoms with Gasteiger partial charge in [-0.05, 0) is 30.7 Å². The number of nitrogens with zero attached hydrogens (tertiary/aromatic N) is 2. The lowest BCUT2D eigenvalue weighted by Crippen LogP contribution is -2.44. The number of hydrazine groups is 1. The summed E-state index contributed by atoms with van der Waals surface area (Å²) in [5.41, 5.74) is 3.18. The van der Waals surface area contributed by atoms with Crippen molar-refractivity contribution in [2.45, 2.75) is 44.3 Å². The summed E-state index contributed by atoms with van der Waals surface area (Å²) in [6, 6.07) is 3.83. The van der Waals surface area contributed by atoms with Gasteiger partial charge in [0.05, 0.1) is 6.67 Å². The highest BCUT2D eigenvalue weighted by Gasteiger charge is 2.34. The highest BCUT2D eigenvalue weighted by Crippen LogP contribution is 2.34. The molecule has 1 fully saturated rings. The molecule has 0 unspecified atom stereocenters. The number of rotatable bonds is 11. The molecule has 0 spiro atoms. The zero-order valence-corrected chi connectivity index (χ0v) is 18.8. The standard InChI is InChI=1S/C20H33F3N4OSi/c1-15(27(24-2)14-28-8-9-29(3,4)5)25-13-26-12-17(22)11-20(26)18-10-16(21)6-7-19(18)23/h6-7,10,17,20,24-25H,1,8-9,11-14H2,2-5H3/t17-,20+/m0/s1. The molecule has 5 nitrogen and oxygen atoms in total. The summed E-state index contributed by atoms with van der Waals surface area (Å²) in [5, 5.41) is 4.84. The molecule has 1 aromatic carbocycles. The van der Waals surface area contributed by atoms with E-state index in [0.29, 0.717) is 19.2 Å². The number of benzene rings is 1. The highest BCUT2D eigenvalue weighted by molar-refractivity contribution is 6.76. The topological polar surface area (TPSA) is 39.8 Å². The first-order chi connectivity index (χ1) is 13.6. The van der Waals surface area contributed by atoms with Gasteiger partial charge in [-0.3, -0.25) is 9.91 Å². The van der Waals surface area contributed by atoms with Crippen molar-refractivity contribution in [1.29, 1.82) is 0 Å². The normalized spacial score (nSPS) is 20.1. The van der Waals surface area contributed by atoms with Gasteiger partial charge in [0.25, 0.3) is 0 Å². The minimum atomic E-state index is -1.16. The lowest BCUT2D eigenvalue weighted by molar-refractivity contribution is 0.0262. The van der Waals surface area contributed by atoms with Gasteiger partial charge in [0, 0.05) is 39.9 Å². The molecule has 0 saturated carbocycles. The van der Waals surface area contributed by atoms with E-state index in [0.717, 1.165) is 24.2 Å². The van der Waals surface area contributed by atoms with Crippen LogP contribution in [0.2, 0.25) is 25.7 Å². The van der Waals surface area contributed by atoms with Crippen molar-refractivity contribution < 1.29 is 17.9 Å². The van der Waals surface area contributed by atoms with Gasteiger partial charge in [0.15, 0.2) is 0 Å². The van der Waals surface area contributed by atoms with Gasteiger partial charge < -0.3 is 10.1 Å². The molecular formula is C20H33F3N4OSi. The van der Waals surface area contributed by atoms with Crippen molar-refractivity contribution in [1.82, 2.24) is 20.7 Å². The van der Waals surface area contributed by atoms with Gasteiger partial charge in [0.1, 0.15) is 30.4 Å². The largest absolute Gasteiger partial charge is 0.360 e. The number of likely N-dealkylation sites (tertiary alicyclic amines) is 1. The Morgan fingerprint density at radius 1 is 1.34 bits per heavy atom. The van der Waals surface area contributed by atoms with Gasteiger partial charge in [-0.25, -0.2) is 18.6 Å². The highest BCUT2D eigenvalue weighted by atomic mass is 28.3. The molecule has 0 amide bonds. The maximum Gasteiger partial charge on any atom is 0.134 e.